The number of fused-ring (bicyclic) bond motifs is 1. The van der Waals surface area contributed by atoms with Gasteiger partial charge in [-0.25, -0.2) is 8.42 Å². The van der Waals surface area contributed by atoms with E-state index in [0.29, 0.717) is 17.5 Å². The van der Waals surface area contributed by atoms with E-state index >= 15 is 0 Å². The number of alkyl halides is 3. The van der Waals surface area contributed by atoms with E-state index in [1.807, 2.05) is 30.3 Å². The number of benzene rings is 2. The Morgan fingerprint density at radius 3 is 2.32 bits per heavy atom. The molecule has 1 aromatic heterocycles. The summed E-state index contributed by atoms with van der Waals surface area (Å²) in [5.41, 5.74) is 1.17. The Kier molecular flexibility index (Phi) is 5.60. The van der Waals surface area contributed by atoms with E-state index in [1.54, 1.807) is 4.90 Å². The third-order valence-electron chi connectivity index (χ3n) is 6.29. The molecule has 5 rings (SSSR count). The lowest BCUT2D eigenvalue weighted by molar-refractivity contribution is -0.137. The molecular formula is C24H22F3N3O3S. The van der Waals surface area contributed by atoms with Crippen molar-refractivity contribution in [3.05, 3.63) is 71.4 Å². The van der Waals surface area contributed by atoms with Gasteiger partial charge in [-0.15, -0.1) is 0 Å². The Labute approximate surface area is 195 Å². The molecule has 0 spiro atoms. The van der Waals surface area contributed by atoms with E-state index in [1.165, 1.54) is 0 Å². The Balaban J connectivity index is 1.35. The second-order valence-corrected chi connectivity index (χ2v) is 10.5. The van der Waals surface area contributed by atoms with Crippen LogP contribution in [0.5, 0.6) is 0 Å². The number of nitrogens with zero attached hydrogens (tertiary/aromatic N) is 3. The first-order chi connectivity index (χ1) is 16.1. The number of pyridine rings is 1. The summed E-state index contributed by atoms with van der Waals surface area (Å²) in [6.45, 7) is 0.296. The summed E-state index contributed by atoms with van der Waals surface area (Å²) in [7, 11) is -4.12. The molecule has 0 N–H and O–H groups in total. The van der Waals surface area contributed by atoms with Gasteiger partial charge in [0.15, 0.2) is 0 Å². The minimum atomic E-state index is -4.64. The lowest BCUT2D eigenvalue weighted by Crippen LogP contribution is -2.50. The summed E-state index contributed by atoms with van der Waals surface area (Å²) >= 11 is 0. The summed E-state index contributed by atoms with van der Waals surface area (Å²) in [5.74, 6) is 0.169. The highest BCUT2D eigenvalue weighted by Gasteiger charge is 2.35. The number of para-hydroxylation sites is 1. The van der Waals surface area contributed by atoms with Crippen molar-refractivity contribution in [2.45, 2.75) is 29.8 Å². The summed E-state index contributed by atoms with van der Waals surface area (Å²) in [6, 6.07) is 13.0. The molecule has 0 atom stereocenters. The zero-order valence-corrected chi connectivity index (χ0v) is 18.9. The highest BCUT2D eigenvalue weighted by atomic mass is 32.2. The Morgan fingerprint density at radius 2 is 1.65 bits per heavy atom. The van der Waals surface area contributed by atoms with Crippen LogP contribution in [0, 0.1) is 0 Å². The molecule has 0 unspecified atom stereocenters. The van der Waals surface area contributed by atoms with Crippen molar-refractivity contribution in [1.82, 2.24) is 14.2 Å². The fourth-order valence-electron chi connectivity index (χ4n) is 4.24. The van der Waals surface area contributed by atoms with Gasteiger partial charge in [0, 0.05) is 43.2 Å². The number of aromatic nitrogens is 1. The monoisotopic (exact) mass is 489 g/mol. The number of amides is 1. The first-order valence-electron chi connectivity index (χ1n) is 11.0. The summed E-state index contributed by atoms with van der Waals surface area (Å²) in [5, 5.41) is 0.746. The SMILES string of the molecule is O=C(c1cc(C2CC2)nc2ccccc12)N1CCN(S(=O)(=O)c2cccc(C(F)(F)F)c2)CC1. The Morgan fingerprint density at radius 1 is 0.941 bits per heavy atom. The first kappa shape index (κ1) is 22.8. The zero-order chi connectivity index (χ0) is 24.1. The second kappa shape index (κ2) is 8.35. The average Bonchev–Trinajstić information content (AvgIpc) is 3.68. The van der Waals surface area contributed by atoms with Gasteiger partial charge in [-0.1, -0.05) is 24.3 Å². The molecular weight excluding hydrogens is 467 g/mol. The molecule has 3 aromatic rings. The largest absolute Gasteiger partial charge is 0.416 e. The van der Waals surface area contributed by atoms with Gasteiger partial charge in [0.1, 0.15) is 0 Å². The number of halogens is 3. The minimum Gasteiger partial charge on any atom is -0.336 e. The maximum atomic E-state index is 13.4. The van der Waals surface area contributed by atoms with Gasteiger partial charge >= 0.3 is 6.18 Å². The standard InChI is InChI=1S/C24H22F3N3O3S/c25-24(26,27)17-4-3-5-18(14-17)34(32,33)30-12-10-29(11-13-30)23(31)20-15-22(16-8-9-16)28-21-7-2-1-6-19(20)21/h1-7,14-16H,8-13H2. The van der Waals surface area contributed by atoms with Gasteiger partial charge in [0.25, 0.3) is 5.91 Å². The maximum absolute atomic E-state index is 13.4. The quantitative estimate of drug-likeness (QED) is 0.549. The fraction of sp³-hybridized carbons (Fsp3) is 0.333. The molecule has 2 fully saturated rings. The molecule has 2 heterocycles. The normalized spacial score (nSPS) is 17.8. The predicted molar refractivity (Wildman–Crippen MR) is 120 cm³/mol. The highest BCUT2D eigenvalue weighted by Crippen LogP contribution is 2.40. The number of hydrogen-bond acceptors (Lipinski definition) is 4. The molecule has 10 heteroatoms. The third kappa shape index (κ3) is 4.27. The van der Waals surface area contributed by atoms with E-state index in [-0.39, 0.29) is 32.1 Å². The smallest absolute Gasteiger partial charge is 0.336 e. The van der Waals surface area contributed by atoms with E-state index in [2.05, 4.69) is 4.98 Å². The molecule has 1 aliphatic carbocycles. The van der Waals surface area contributed by atoms with Gasteiger partial charge in [-0.2, -0.15) is 17.5 Å². The highest BCUT2D eigenvalue weighted by molar-refractivity contribution is 7.89. The molecule has 1 saturated carbocycles. The van der Waals surface area contributed by atoms with Gasteiger partial charge in [-0.3, -0.25) is 9.78 Å². The number of sulfonamides is 1. The van der Waals surface area contributed by atoms with Crippen molar-refractivity contribution in [1.29, 1.82) is 0 Å². The minimum absolute atomic E-state index is 0.00279. The summed E-state index contributed by atoms with van der Waals surface area (Å²) < 4.78 is 66.2. The van der Waals surface area contributed by atoms with E-state index in [0.717, 1.165) is 51.9 Å². The molecule has 1 amide bonds. The van der Waals surface area contributed by atoms with Crippen LogP contribution < -0.4 is 0 Å². The van der Waals surface area contributed by atoms with Crippen LogP contribution in [0.4, 0.5) is 13.2 Å². The summed E-state index contributed by atoms with van der Waals surface area (Å²) in [4.78, 5) is 19.3. The zero-order valence-electron chi connectivity index (χ0n) is 18.1. The van der Waals surface area contributed by atoms with Crippen LogP contribution in [0.25, 0.3) is 10.9 Å². The average molecular weight is 490 g/mol. The van der Waals surface area contributed by atoms with Crippen LogP contribution in [0.15, 0.2) is 59.5 Å². The fourth-order valence-corrected chi connectivity index (χ4v) is 5.71. The first-order valence-corrected chi connectivity index (χ1v) is 12.4. The van der Waals surface area contributed by atoms with E-state index in [4.69, 9.17) is 0 Å². The molecule has 1 aliphatic heterocycles. The Bertz CT molecular complexity index is 1360. The molecule has 178 valence electrons. The van der Waals surface area contributed by atoms with Crippen LogP contribution in [0.2, 0.25) is 0 Å². The van der Waals surface area contributed by atoms with Crippen LogP contribution >= 0.6 is 0 Å². The van der Waals surface area contributed by atoms with Crippen molar-refractivity contribution in [2.75, 3.05) is 26.2 Å². The van der Waals surface area contributed by atoms with Crippen molar-refractivity contribution in [3.63, 3.8) is 0 Å². The third-order valence-corrected chi connectivity index (χ3v) is 8.18. The molecule has 2 aromatic carbocycles. The van der Waals surface area contributed by atoms with Gasteiger partial charge in [0.2, 0.25) is 10.0 Å². The van der Waals surface area contributed by atoms with E-state index < -0.39 is 26.7 Å². The number of hydrogen-bond donors (Lipinski definition) is 0. The molecule has 2 aliphatic rings. The molecule has 0 radical (unpaired) electrons. The van der Waals surface area contributed by atoms with Crippen LogP contribution in [-0.2, 0) is 16.2 Å². The second-order valence-electron chi connectivity index (χ2n) is 8.61. The topological polar surface area (TPSA) is 70.6 Å². The molecule has 0 bridgehead atoms. The number of piperazine rings is 1. The molecule has 1 saturated heterocycles. The summed E-state index contributed by atoms with van der Waals surface area (Å²) in [6.07, 6.45) is -2.54. The van der Waals surface area contributed by atoms with Crippen LogP contribution in [0.1, 0.15) is 40.4 Å². The van der Waals surface area contributed by atoms with E-state index in [9.17, 15) is 26.4 Å². The van der Waals surface area contributed by atoms with Crippen molar-refractivity contribution >= 4 is 26.8 Å². The van der Waals surface area contributed by atoms with Crippen molar-refractivity contribution in [3.8, 4) is 0 Å². The van der Waals surface area contributed by atoms with Crippen LogP contribution in [0.3, 0.4) is 0 Å². The van der Waals surface area contributed by atoms with Gasteiger partial charge < -0.3 is 4.90 Å². The lowest BCUT2D eigenvalue weighted by Gasteiger charge is -2.34. The molecule has 34 heavy (non-hydrogen) atoms. The number of carbonyl (C=O) groups excluding carboxylic acids is 1. The predicted octanol–water partition coefficient (Wildman–Crippen LogP) is 4.28. The van der Waals surface area contributed by atoms with Crippen molar-refractivity contribution in [2.24, 2.45) is 0 Å². The lowest BCUT2D eigenvalue weighted by atomic mass is 10.0. The molecule has 6 nitrogen and oxygen atoms in total. The Hall–Kier alpha value is -2.98. The van der Waals surface area contributed by atoms with Gasteiger partial charge in [0.05, 0.1) is 21.5 Å². The maximum Gasteiger partial charge on any atom is 0.416 e. The number of rotatable bonds is 4. The van der Waals surface area contributed by atoms with Gasteiger partial charge in [-0.05, 0) is 43.2 Å². The van der Waals surface area contributed by atoms with Crippen molar-refractivity contribution < 1.29 is 26.4 Å². The van der Waals surface area contributed by atoms with Crippen LogP contribution in [-0.4, -0.2) is 54.7 Å². The number of carbonyl (C=O) groups is 1.